The molecule has 7 heteroatoms. The van der Waals surface area contributed by atoms with Crippen molar-refractivity contribution in [2.24, 2.45) is 0 Å². The van der Waals surface area contributed by atoms with Crippen molar-refractivity contribution in [2.45, 2.75) is 50.3 Å². The third-order valence-electron chi connectivity index (χ3n) is 3.51. The minimum Gasteiger partial charge on any atom is -0.389 e. The van der Waals surface area contributed by atoms with Gasteiger partial charge >= 0.3 is 6.18 Å². The van der Waals surface area contributed by atoms with Crippen molar-refractivity contribution < 1.29 is 23.1 Å². The molecule has 20 heavy (non-hydrogen) atoms. The second-order valence-electron chi connectivity index (χ2n) is 5.66. The van der Waals surface area contributed by atoms with Crippen LogP contribution in [0.1, 0.15) is 38.5 Å². The molecule has 1 rings (SSSR count). The van der Waals surface area contributed by atoms with E-state index in [0.717, 1.165) is 12.8 Å². The Balaban J connectivity index is 2.10. The lowest BCUT2D eigenvalue weighted by Gasteiger charge is -2.21. The molecule has 0 aliphatic heterocycles. The molecule has 0 aromatic rings. The quantitative estimate of drug-likeness (QED) is 0.703. The number of nitrogens with one attached hydrogen (secondary N) is 1. The molecular formula is C13H23F3N2O2. The summed E-state index contributed by atoms with van der Waals surface area (Å²) in [6.07, 6.45) is -0.479. The molecule has 118 valence electrons. The molecular weight excluding hydrogens is 273 g/mol. The van der Waals surface area contributed by atoms with Crippen LogP contribution in [0.25, 0.3) is 0 Å². The van der Waals surface area contributed by atoms with E-state index in [1.807, 2.05) is 0 Å². The molecule has 0 aromatic heterocycles. The van der Waals surface area contributed by atoms with Crippen molar-refractivity contribution in [1.82, 2.24) is 10.2 Å². The highest BCUT2D eigenvalue weighted by molar-refractivity contribution is 5.77. The largest absolute Gasteiger partial charge is 0.401 e. The maximum absolute atomic E-state index is 12.1. The van der Waals surface area contributed by atoms with Crippen molar-refractivity contribution in [2.75, 3.05) is 26.7 Å². The number of hydrogen-bond donors (Lipinski definition) is 2. The normalized spacial score (nSPS) is 18.5. The molecule has 0 atom stereocenters. The predicted molar refractivity (Wildman–Crippen MR) is 69.2 cm³/mol. The summed E-state index contributed by atoms with van der Waals surface area (Å²) >= 11 is 0. The molecule has 1 aliphatic rings. The Bertz CT molecular complexity index is 315. The Morgan fingerprint density at radius 3 is 2.50 bits per heavy atom. The average molecular weight is 296 g/mol. The van der Waals surface area contributed by atoms with Crippen LogP contribution < -0.4 is 5.32 Å². The van der Waals surface area contributed by atoms with Gasteiger partial charge in [0.15, 0.2) is 0 Å². The van der Waals surface area contributed by atoms with Gasteiger partial charge in [0, 0.05) is 6.54 Å². The number of hydrogen-bond acceptors (Lipinski definition) is 3. The molecule has 0 heterocycles. The first-order valence-corrected chi connectivity index (χ1v) is 6.95. The van der Waals surface area contributed by atoms with Crippen molar-refractivity contribution in [3.05, 3.63) is 0 Å². The summed E-state index contributed by atoms with van der Waals surface area (Å²) in [6.45, 7) is -0.345. The summed E-state index contributed by atoms with van der Waals surface area (Å²) in [5, 5.41) is 12.7. The SMILES string of the molecule is CN(CCCNC(=O)CC1(O)CCCC1)CC(F)(F)F. The molecule has 0 spiro atoms. The summed E-state index contributed by atoms with van der Waals surface area (Å²) in [7, 11) is 1.40. The van der Waals surface area contributed by atoms with Gasteiger partial charge in [-0.1, -0.05) is 12.8 Å². The number of carbonyl (C=O) groups excluding carboxylic acids is 1. The van der Waals surface area contributed by atoms with Crippen LogP contribution in [0.3, 0.4) is 0 Å². The van der Waals surface area contributed by atoms with Crippen LogP contribution >= 0.6 is 0 Å². The van der Waals surface area contributed by atoms with E-state index in [1.54, 1.807) is 0 Å². The van der Waals surface area contributed by atoms with E-state index in [1.165, 1.54) is 11.9 Å². The van der Waals surface area contributed by atoms with Crippen LogP contribution in [-0.2, 0) is 4.79 Å². The highest BCUT2D eigenvalue weighted by Gasteiger charge is 2.33. The highest BCUT2D eigenvalue weighted by Crippen LogP contribution is 2.32. The number of amides is 1. The maximum atomic E-state index is 12.1. The minimum absolute atomic E-state index is 0.0887. The minimum atomic E-state index is -4.19. The van der Waals surface area contributed by atoms with E-state index in [4.69, 9.17) is 0 Å². The van der Waals surface area contributed by atoms with Gasteiger partial charge in [0.05, 0.1) is 18.6 Å². The molecule has 1 aliphatic carbocycles. The Morgan fingerprint density at radius 1 is 1.35 bits per heavy atom. The zero-order valence-electron chi connectivity index (χ0n) is 11.8. The van der Waals surface area contributed by atoms with E-state index in [-0.39, 0.29) is 18.9 Å². The Kier molecular flexibility index (Phi) is 6.26. The van der Waals surface area contributed by atoms with Crippen LogP contribution in [-0.4, -0.2) is 54.4 Å². The number of nitrogens with zero attached hydrogens (tertiary/aromatic N) is 1. The molecule has 0 unspecified atom stereocenters. The van der Waals surface area contributed by atoms with Gasteiger partial charge in [0.25, 0.3) is 0 Å². The topological polar surface area (TPSA) is 52.6 Å². The third kappa shape index (κ3) is 7.09. The summed E-state index contributed by atoms with van der Waals surface area (Å²) < 4.78 is 36.2. The molecule has 0 radical (unpaired) electrons. The second-order valence-corrected chi connectivity index (χ2v) is 5.66. The van der Waals surface area contributed by atoms with Gasteiger partial charge < -0.3 is 10.4 Å². The monoisotopic (exact) mass is 296 g/mol. The van der Waals surface area contributed by atoms with Crippen LogP contribution in [0.15, 0.2) is 0 Å². The number of halogens is 3. The van der Waals surface area contributed by atoms with Gasteiger partial charge in [-0.2, -0.15) is 13.2 Å². The van der Waals surface area contributed by atoms with Gasteiger partial charge in [-0.3, -0.25) is 9.69 Å². The number of alkyl halides is 3. The Labute approximate surface area is 117 Å². The van der Waals surface area contributed by atoms with Crippen molar-refractivity contribution in [3.63, 3.8) is 0 Å². The summed E-state index contributed by atoms with van der Waals surface area (Å²) in [6, 6.07) is 0. The number of aliphatic hydroxyl groups is 1. The molecule has 1 saturated carbocycles. The van der Waals surface area contributed by atoms with Crippen molar-refractivity contribution in [1.29, 1.82) is 0 Å². The van der Waals surface area contributed by atoms with Gasteiger partial charge in [-0.25, -0.2) is 0 Å². The fourth-order valence-corrected chi connectivity index (χ4v) is 2.53. The van der Waals surface area contributed by atoms with Gasteiger partial charge in [-0.15, -0.1) is 0 Å². The van der Waals surface area contributed by atoms with E-state index in [9.17, 15) is 23.1 Å². The molecule has 1 amide bonds. The van der Waals surface area contributed by atoms with Crippen LogP contribution in [0.2, 0.25) is 0 Å². The fraction of sp³-hybridized carbons (Fsp3) is 0.923. The van der Waals surface area contributed by atoms with E-state index < -0.39 is 18.3 Å². The first-order valence-electron chi connectivity index (χ1n) is 6.95. The smallest absolute Gasteiger partial charge is 0.389 e. The summed E-state index contributed by atoms with van der Waals surface area (Å²) in [5.74, 6) is -0.229. The standard InChI is InChI=1S/C13H23F3N2O2/c1-18(10-13(14,15)16)8-4-7-17-11(19)9-12(20)5-2-3-6-12/h20H,2-10H2,1H3,(H,17,19). The zero-order valence-corrected chi connectivity index (χ0v) is 11.8. The van der Waals surface area contributed by atoms with Crippen LogP contribution in [0.5, 0.6) is 0 Å². The molecule has 1 fully saturated rings. The van der Waals surface area contributed by atoms with E-state index in [0.29, 0.717) is 25.8 Å². The van der Waals surface area contributed by atoms with E-state index >= 15 is 0 Å². The average Bonchev–Trinajstić information content (AvgIpc) is 2.68. The lowest BCUT2D eigenvalue weighted by molar-refractivity contribution is -0.143. The first-order chi connectivity index (χ1) is 9.20. The highest BCUT2D eigenvalue weighted by atomic mass is 19.4. The summed E-state index contributed by atoms with van der Waals surface area (Å²) in [4.78, 5) is 12.8. The Hall–Kier alpha value is -0.820. The van der Waals surface area contributed by atoms with Gasteiger partial charge in [-0.05, 0) is 32.9 Å². The van der Waals surface area contributed by atoms with Crippen LogP contribution in [0.4, 0.5) is 13.2 Å². The van der Waals surface area contributed by atoms with Crippen LogP contribution in [0, 0.1) is 0 Å². The molecule has 0 saturated heterocycles. The van der Waals surface area contributed by atoms with Crippen molar-refractivity contribution >= 4 is 5.91 Å². The summed E-state index contributed by atoms with van der Waals surface area (Å²) in [5.41, 5.74) is -0.878. The molecule has 4 nitrogen and oxygen atoms in total. The predicted octanol–water partition coefficient (Wildman–Crippen LogP) is 1.68. The zero-order chi connectivity index (χ0) is 15.2. The second kappa shape index (κ2) is 7.26. The maximum Gasteiger partial charge on any atom is 0.401 e. The third-order valence-corrected chi connectivity index (χ3v) is 3.51. The fourth-order valence-electron chi connectivity index (χ4n) is 2.53. The van der Waals surface area contributed by atoms with E-state index in [2.05, 4.69) is 5.32 Å². The molecule has 0 bridgehead atoms. The Morgan fingerprint density at radius 2 is 1.95 bits per heavy atom. The van der Waals surface area contributed by atoms with Gasteiger partial charge in [0.2, 0.25) is 5.91 Å². The number of carbonyl (C=O) groups is 1. The lowest BCUT2D eigenvalue weighted by atomic mass is 9.98. The van der Waals surface area contributed by atoms with Gasteiger partial charge in [0.1, 0.15) is 0 Å². The molecule has 0 aromatic carbocycles. The van der Waals surface area contributed by atoms with Crippen molar-refractivity contribution in [3.8, 4) is 0 Å². The number of rotatable bonds is 7. The molecule has 2 N–H and O–H groups in total. The lowest BCUT2D eigenvalue weighted by Crippen LogP contribution is -2.36. The first kappa shape index (κ1) is 17.2.